The highest BCUT2D eigenvalue weighted by molar-refractivity contribution is 5.41. The molecule has 0 heterocycles. The summed E-state index contributed by atoms with van der Waals surface area (Å²) in [6.07, 6.45) is 6.12. The molecule has 2 N–H and O–H groups in total. The van der Waals surface area contributed by atoms with Gasteiger partial charge in [0.05, 0.1) is 5.60 Å². The third kappa shape index (κ3) is 2.00. The van der Waals surface area contributed by atoms with Gasteiger partial charge in [-0.3, -0.25) is 0 Å². The van der Waals surface area contributed by atoms with E-state index in [2.05, 4.69) is 12.1 Å². The van der Waals surface area contributed by atoms with Gasteiger partial charge in [-0.1, -0.05) is 31.4 Å². The molecule has 0 unspecified atom stereocenters. The topological polar surface area (TPSA) is 35.2 Å². The molecule has 1 aliphatic carbocycles. The van der Waals surface area contributed by atoms with E-state index < -0.39 is 0 Å². The van der Waals surface area contributed by atoms with Crippen LogP contribution in [0.25, 0.3) is 0 Å². The van der Waals surface area contributed by atoms with Gasteiger partial charge in [0.15, 0.2) is 0 Å². The van der Waals surface area contributed by atoms with E-state index in [0.29, 0.717) is 0 Å². The quantitative estimate of drug-likeness (QED) is 0.753. The molecule has 0 aliphatic heterocycles. The van der Waals surface area contributed by atoms with Gasteiger partial charge >= 0.3 is 0 Å². The summed E-state index contributed by atoms with van der Waals surface area (Å²) < 4.78 is 5.76. The van der Waals surface area contributed by atoms with E-state index in [4.69, 9.17) is 10.5 Å². The highest BCUT2D eigenvalue weighted by Crippen LogP contribution is 2.39. The third-order valence-corrected chi connectivity index (χ3v) is 3.49. The second-order valence-electron chi connectivity index (χ2n) is 4.38. The molecule has 2 nitrogen and oxygen atoms in total. The lowest BCUT2D eigenvalue weighted by molar-refractivity contribution is -0.0445. The lowest BCUT2D eigenvalue weighted by Crippen LogP contribution is -2.30. The monoisotopic (exact) mass is 205 g/mol. The standard InChI is InChI=1S/C13H19NO/c1-15-13(9-3-2-4-10-13)11-5-7-12(14)8-6-11/h5-8H,2-4,9-10,14H2,1H3. The molecule has 1 aromatic carbocycles. The van der Waals surface area contributed by atoms with Crippen LogP contribution in [0, 0.1) is 0 Å². The molecule has 2 heteroatoms. The maximum absolute atomic E-state index is 5.76. The number of anilines is 1. The van der Waals surface area contributed by atoms with Crippen molar-refractivity contribution in [3.05, 3.63) is 29.8 Å². The van der Waals surface area contributed by atoms with Crippen LogP contribution < -0.4 is 5.73 Å². The number of nitrogens with two attached hydrogens (primary N) is 1. The van der Waals surface area contributed by atoms with Crippen LogP contribution in [-0.4, -0.2) is 7.11 Å². The molecule has 2 rings (SSSR count). The molecule has 15 heavy (non-hydrogen) atoms. The van der Waals surface area contributed by atoms with Crippen molar-refractivity contribution >= 4 is 5.69 Å². The van der Waals surface area contributed by atoms with Crippen LogP contribution in [0.1, 0.15) is 37.7 Å². The minimum atomic E-state index is -0.0497. The molecule has 1 aromatic rings. The van der Waals surface area contributed by atoms with E-state index >= 15 is 0 Å². The van der Waals surface area contributed by atoms with Gasteiger partial charge in [0.25, 0.3) is 0 Å². The van der Waals surface area contributed by atoms with Crippen LogP contribution in [0.3, 0.4) is 0 Å². The number of ether oxygens (including phenoxy) is 1. The van der Waals surface area contributed by atoms with Gasteiger partial charge in [-0.15, -0.1) is 0 Å². The average Bonchev–Trinajstić information content (AvgIpc) is 2.31. The Morgan fingerprint density at radius 1 is 1.07 bits per heavy atom. The Morgan fingerprint density at radius 3 is 2.20 bits per heavy atom. The summed E-state index contributed by atoms with van der Waals surface area (Å²) in [4.78, 5) is 0. The summed E-state index contributed by atoms with van der Waals surface area (Å²) in [6, 6.07) is 8.13. The Hall–Kier alpha value is -1.02. The van der Waals surface area contributed by atoms with E-state index in [9.17, 15) is 0 Å². The van der Waals surface area contributed by atoms with Crippen molar-refractivity contribution in [1.82, 2.24) is 0 Å². The number of hydrogen-bond donors (Lipinski definition) is 1. The van der Waals surface area contributed by atoms with Crippen LogP contribution in [0.15, 0.2) is 24.3 Å². The lowest BCUT2D eigenvalue weighted by Gasteiger charge is -2.36. The maximum Gasteiger partial charge on any atom is 0.0927 e. The van der Waals surface area contributed by atoms with Crippen LogP contribution in [0.2, 0.25) is 0 Å². The Morgan fingerprint density at radius 2 is 1.67 bits per heavy atom. The molecular formula is C13H19NO. The van der Waals surface area contributed by atoms with Crippen LogP contribution in [0.4, 0.5) is 5.69 Å². The fraction of sp³-hybridized carbons (Fsp3) is 0.538. The zero-order valence-corrected chi connectivity index (χ0v) is 9.33. The molecule has 0 bridgehead atoms. The van der Waals surface area contributed by atoms with E-state index in [-0.39, 0.29) is 5.60 Å². The first-order valence-electron chi connectivity index (χ1n) is 5.68. The first-order valence-corrected chi connectivity index (χ1v) is 5.68. The van der Waals surface area contributed by atoms with Crippen molar-refractivity contribution in [1.29, 1.82) is 0 Å². The first-order chi connectivity index (χ1) is 7.27. The zero-order valence-electron chi connectivity index (χ0n) is 9.33. The van der Waals surface area contributed by atoms with Crippen molar-refractivity contribution in [2.75, 3.05) is 12.8 Å². The lowest BCUT2D eigenvalue weighted by atomic mass is 9.79. The summed E-state index contributed by atoms with van der Waals surface area (Å²) in [6.45, 7) is 0. The Bertz CT molecular complexity index is 312. The Labute approximate surface area is 91.4 Å². The molecule has 0 spiro atoms. The molecule has 0 aromatic heterocycles. The fourth-order valence-electron chi connectivity index (χ4n) is 2.52. The number of methoxy groups -OCH3 is 1. The number of benzene rings is 1. The van der Waals surface area contributed by atoms with Gasteiger partial charge in [-0.25, -0.2) is 0 Å². The maximum atomic E-state index is 5.76. The largest absolute Gasteiger partial charge is 0.399 e. The third-order valence-electron chi connectivity index (χ3n) is 3.49. The normalized spacial score (nSPS) is 20.1. The van der Waals surface area contributed by atoms with E-state index in [1.807, 2.05) is 19.2 Å². The first kappa shape index (κ1) is 10.5. The molecule has 1 saturated carbocycles. The minimum absolute atomic E-state index is 0.0497. The van der Waals surface area contributed by atoms with Crippen molar-refractivity contribution in [3.63, 3.8) is 0 Å². The zero-order chi connectivity index (χ0) is 10.7. The van der Waals surface area contributed by atoms with Crippen molar-refractivity contribution in [2.45, 2.75) is 37.7 Å². The SMILES string of the molecule is COC1(c2ccc(N)cc2)CCCCC1. The molecule has 0 amide bonds. The fourth-order valence-corrected chi connectivity index (χ4v) is 2.52. The molecule has 0 saturated heterocycles. The molecule has 1 aliphatic rings. The molecule has 0 radical (unpaired) electrons. The highest BCUT2D eigenvalue weighted by Gasteiger charge is 2.33. The van der Waals surface area contributed by atoms with E-state index in [1.165, 1.54) is 24.8 Å². The Balaban J connectivity index is 2.28. The highest BCUT2D eigenvalue weighted by atomic mass is 16.5. The summed E-state index contributed by atoms with van der Waals surface area (Å²) in [5.41, 5.74) is 7.75. The van der Waals surface area contributed by atoms with Crippen LogP contribution >= 0.6 is 0 Å². The number of nitrogen functional groups attached to an aromatic ring is 1. The Kier molecular flexibility index (Phi) is 2.96. The minimum Gasteiger partial charge on any atom is -0.399 e. The van der Waals surface area contributed by atoms with Gasteiger partial charge in [0.1, 0.15) is 0 Å². The second kappa shape index (κ2) is 4.23. The van der Waals surface area contributed by atoms with Gasteiger partial charge < -0.3 is 10.5 Å². The number of rotatable bonds is 2. The van der Waals surface area contributed by atoms with Gasteiger partial charge in [0.2, 0.25) is 0 Å². The predicted molar refractivity (Wildman–Crippen MR) is 62.6 cm³/mol. The number of hydrogen-bond acceptors (Lipinski definition) is 2. The smallest absolute Gasteiger partial charge is 0.0927 e. The predicted octanol–water partition coefficient (Wildman–Crippen LogP) is 3.07. The van der Waals surface area contributed by atoms with Gasteiger partial charge in [0, 0.05) is 12.8 Å². The molecular weight excluding hydrogens is 186 g/mol. The van der Waals surface area contributed by atoms with Crippen LogP contribution in [0.5, 0.6) is 0 Å². The van der Waals surface area contributed by atoms with Gasteiger partial charge in [-0.05, 0) is 30.5 Å². The van der Waals surface area contributed by atoms with Crippen molar-refractivity contribution in [3.8, 4) is 0 Å². The van der Waals surface area contributed by atoms with Gasteiger partial charge in [-0.2, -0.15) is 0 Å². The summed E-state index contributed by atoms with van der Waals surface area (Å²) in [7, 11) is 1.82. The molecule has 0 atom stereocenters. The van der Waals surface area contributed by atoms with E-state index in [1.54, 1.807) is 0 Å². The molecule has 82 valence electrons. The summed E-state index contributed by atoms with van der Waals surface area (Å²) in [5.74, 6) is 0. The van der Waals surface area contributed by atoms with Crippen LogP contribution in [-0.2, 0) is 10.3 Å². The average molecular weight is 205 g/mol. The van der Waals surface area contributed by atoms with Crippen molar-refractivity contribution < 1.29 is 4.74 Å². The van der Waals surface area contributed by atoms with E-state index in [0.717, 1.165) is 18.5 Å². The van der Waals surface area contributed by atoms with Crippen molar-refractivity contribution in [2.24, 2.45) is 0 Å². The molecule has 1 fully saturated rings. The summed E-state index contributed by atoms with van der Waals surface area (Å²) in [5, 5.41) is 0. The second-order valence-corrected chi connectivity index (χ2v) is 4.38. The summed E-state index contributed by atoms with van der Waals surface area (Å²) >= 11 is 0.